The van der Waals surface area contributed by atoms with Crippen molar-refractivity contribution in [3.05, 3.63) is 24.4 Å². The molecule has 1 aromatic heterocycles. The predicted octanol–water partition coefficient (Wildman–Crippen LogP) is 4.33. The fourth-order valence-electron chi connectivity index (χ4n) is 2.31. The van der Waals surface area contributed by atoms with E-state index in [2.05, 4.69) is 47.6 Å². The van der Waals surface area contributed by atoms with E-state index < -0.39 is 0 Å². The van der Waals surface area contributed by atoms with Gasteiger partial charge in [0.1, 0.15) is 0 Å². The number of hydrogen-bond acceptors (Lipinski definition) is 2. The summed E-state index contributed by atoms with van der Waals surface area (Å²) in [5.74, 6) is 0. The number of nitrogens with one attached hydrogen (secondary N) is 2. The van der Waals surface area contributed by atoms with Gasteiger partial charge in [-0.25, -0.2) is 0 Å². The van der Waals surface area contributed by atoms with Crippen molar-refractivity contribution >= 4 is 16.6 Å². The number of nitrogens with zero attached hydrogens (tertiary/aromatic N) is 1. The minimum Gasteiger partial charge on any atom is -0.382 e. The predicted molar refractivity (Wildman–Crippen MR) is 77.9 cm³/mol. The monoisotopic (exact) mass is 245 g/mol. The molecule has 0 saturated heterocycles. The molecule has 0 aliphatic carbocycles. The summed E-state index contributed by atoms with van der Waals surface area (Å²) in [6.45, 7) is 4.51. The van der Waals surface area contributed by atoms with E-state index in [0.29, 0.717) is 6.04 Å². The van der Waals surface area contributed by atoms with Crippen molar-refractivity contribution in [2.24, 2.45) is 0 Å². The second-order valence-corrected chi connectivity index (χ2v) is 5.03. The molecule has 3 heteroatoms. The molecule has 3 nitrogen and oxygen atoms in total. The summed E-state index contributed by atoms with van der Waals surface area (Å²) in [5.41, 5.74) is 2.28. The van der Waals surface area contributed by atoms with Crippen LogP contribution in [0.3, 0.4) is 0 Å². The SMILES string of the molecule is CCCCCCC(C)Nc1cccc2[nH]ncc12. The van der Waals surface area contributed by atoms with Crippen LogP contribution < -0.4 is 5.32 Å². The molecular weight excluding hydrogens is 222 g/mol. The van der Waals surface area contributed by atoms with Crippen molar-refractivity contribution in [2.75, 3.05) is 5.32 Å². The molecule has 2 aromatic rings. The Balaban J connectivity index is 1.90. The van der Waals surface area contributed by atoms with E-state index in [0.717, 1.165) is 5.52 Å². The van der Waals surface area contributed by atoms with Gasteiger partial charge in [-0.05, 0) is 25.5 Å². The number of rotatable bonds is 7. The van der Waals surface area contributed by atoms with Crippen LogP contribution in [0.2, 0.25) is 0 Å². The van der Waals surface area contributed by atoms with E-state index in [1.165, 1.54) is 43.2 Å². The number of benzene rings is 1. The van der Waals surface area contributed by atoms with Crippen LogP contribution in [0.5, 0.6) is 0 Å². The fraction of sp³-hybridized carbons (Fsp3) is 0.533. The average Bonchev–Trinajstić information content (AvgIpc) is 2.84. The number of hydrogen-bond donors (Lipinski definition) is 2. The number of fused-ring (bicyclic) bond motifs is 1. The smallest absolute Gasteiger partial charge is 0.0671 e. The van der Waals surface area contributed by atoms with Crippen LogP contribution in [0, 0.1) is 0 Å². The third kappa shape index (κ3) is 3.25. The first kappa shape index (κ1) is 12.9. The fourth-order valence-corrected chi connectivity index (χ4v) is 2.31. The largest absolute Gasteiger partial charge is 0.382 e. The van der Waals surface area contributed by atoms with Gasteiger partial charge in [0, 0.05) is 17.1 Å². The van der Waals surface area contributed by atoms with Gasteiger partial charge in [-0.15, -0.1) is 0 Å². The zero-order chi connectivity index (χ0) is 12.8. The lowest BCUT2D eigenvalue weighted by atomic mass is 10.1. The molecule has 0 fully saturated rings. The minimum absolute atomic E-state index is 0.516. The van der Waals surface area contributed by atoms with Gasteiger partial charge in [-0.3, -0.25) is 5.10 Å². The number of H-pyrrole nitrogens is 1. The standard InChI is InChI=1S/C15H23N3/c1-3-4-5-6-8-12(2)17-14-9-7-10-15-13(14)11-16-18-15/h7,9-12,17H,3-6,8H2,1-2H3,(H,16,18). The molecule has 0 spiro atoms. The van der Waals surface area contributed by atoms with Crippen LogP contribution in [0.4, 0.5) is 5.69 Å². The van der Waals surface area contributed by atoms with Gasteiger partial charge in [-0.2, -0.15) is 5.10 Å². The van der Waals surface area contributed by atoms with Crippen molar-refractivity contribution in [1.82, 2.24) is 10.2 Å². The Morgan fingerprint density at radius 3 is 3.00 bits per heavy atom. The maximum atomic E-state index is 4.09. The number of aromatic amines is 1. The Labute approximate surface area is 109 Å². The van der Waals surface area contributed by atoms with E-state index >= 15 is 0 Å². The summed E-state index contributed by atoms with van der Waals surface area (Å²) in [5, 5.41) is 11.9. The molecule has 1 aromatic carbocycles. The highest BCUT2D eigenvalue weighted by Crippen LogP contribution is 2.22. The highest BCUT2D eigenvalue weighted by Gasteiger charge is 2.06. The summed E-state index contributed by atoms with van der Waals surface area (Å²) < 4.78 is 0. The highest BCUT2D eigenvalue weighted by molar-refractivity contribution is 5.90. The van der Waals surface area contributed by atoms with Crippen molar-refractivity contribution in [3.63, 3.8) is 0 Å². The van der Waals surface area contributed by atoms with Crippen LogP contribution in [0.1, 0.15) is 46.0 Å². The van der Waals surface area contributed by atoms with E-state index in [4.69, 9.17) is 0 Å². The van der Waals surface area contributed by atoms with E-state index in [1.54, 1.807) is 0 Å². The maximum Gasteiger partial charge on any atom is 0.0671 e. The Morgan fingerprint density at radius 2 is 2.17 bits per heavy atom. The molecule has 1 unspecified atom stereocenters. The van der Waals surface area contributed by atoms with Crippen LogP contribution in [0.25, 0.3) is 10.9 Å². The molecule has 98 valence electrons. The van der Waals surface area contributed by atoms with Crippen LogP contribution in [-0.2, 0) is 0 Å². The molecule has 2 N–H and O–H groups in total. The van der Waals surface area contributed by atoms with E-state index in [1.807, 2.05) is 6.20 Å². The molecule has 0 aliphatic heterocycles. The quantitative estimate of drug-likeness (QED) is 0.713. The Hall–Kier alpha value is -1.51. The van der Waals surface area contributed by atoms with E-state index in [-0.39, 0.29) is 0 Å². The first-order valence-electron chi connectivity index (χ1n) is 7.00. The summed E-state index contributed by atoms with van der Waals surface area (Å²) >= 11 is 0. The number of anilines is 1. The molecule has 18 heavy (non-hydrogen) atoms. The lowest BCUT2D eigenvalue weighted by Crippen LogP contribution is -2.14. The van der Waals surface area contributed by atoms with Gasteiger partial charge >= 0.3 is 0 Å². The van der Waals surface area contributed by atoms with Crippen LogP contribution in [-0.4, -0.2) is 16.2 Å². The maximum absolute atomic E-state index is 4.09. The molecular formula is C15H23N3. The molecule has 1 atom stereocenters. The number of unbranched alkanes of at least 4 members (excludes halogenated alkanes) is 3. The molecule has 1 heterocycles. The summed E-state index contributed by atoms with van der Waals surface area (Å²) in [6, 6.07) is 6.76. The third-order valence-electron chi connectivity index (χ3n) is 3.38. The van der Waals surface area contributed by atoms with Crippen LogP contribution in [0.15, 0.2) is 24.4 Å². The lowest BCUT2D eigenvalue weighted by Gasteiger charge is -2.15. The normalized spacial score (nSPS) is 12.8. The number of aromatic nitrogens is 2. The molecule has 0 aliphatic rings. The van der Waals surface area contributed by atoms with Gasteiger partial charge in [0.25, 0.3) is 0 Å². The van der Waals surface area contributed by atoms with Gasteiger partial charge < -0.3 is 5.32 Å². The van der Waals surface area contributed by atoms with E-state index in [9.17, 15) is 0 Å². The van der Waals surface area contributed by atoms with Crippen molar-refractivity contribution < 1.29 is 0 Å². The average molecular weight is 245 g/mol. The molecule has 0 saturated carbocycles. The van der Waals surface area contributed by atoms with Crippen LogP contribution >= 0.6 is 0 Å². The Morgan fingerprint density at radius 1 is 1.28 bits per heavy atom. The zero-order valence-corrected chi connectivity index (χ0v) is 11.4. The summed E-state index contributed by atoms with van der Waals surface area (Å²) in [7, 11) is 0. The van der Waals surface area contributed by atoms with Crippen molar-refractivity contribution in [1.29, 1.82) is 0 Å². The second-order valence-electron chi connectivity index (χ2n) is 5.03. The Kier molecular flexibility index (Phi) is 4.62. The zero-order valence-electron chi connectivity index (χ0n) is 11.4. The Bertz CT molecular complexity index is 475. The van der Waals surface area contributed by atoms with Crippen molar-refractivity contribution in [3.8, 4) is 0 Å². The summed E-state index contributed by atoms with van der Waals surface area (Å²) in [6.07, 6.45) is 8.43. The van der Waals surface area contributed by atoms with Gasteiger partial charge in [-0.1, -0.05) is 38.7 Å². The lowest BCUT2D eigenvalue weighted by molar-refractivity contribution is 0.594. The van der Waals surface area contributed by atoms with Gasteiger partial charge in [0.2, 0.25) is 0 Å². The first-order valence-corrected chi connectivity index (χ1v) is 7.00. The topological polar surface area (TPSA) is 40.7 Å². The summed E-state index contributed by atoms with van der Waals surface area (Å²) in [4.78, 5) is 0. The minimum atomic E-state index is 0.516. The molecule has 0 radical (unpaired) electrons. The molecule has 2 rings (SSSR count). The molecule has 0 amide bonds. The van der Waals surface area contributed by atoms with Gasteiger partial charge in [0.15, 0.2) is 0 Å². The first-order chi connectivity index (χ1) is 8.81. The molecule has 0 bridgehead atoms. The third-order valence-corrected chi connectivity index (χ3v) is 3.38. The van der Waals surface area contributed by atoms with Crippen molar-refractivity contribution in [2.45, 2.75) is 52.0 Å². The second kappa shape index (κ2) is 6.43. The van der Waals surface area contributed by atoms with Gasteiger partial charge in [0.05, 0.1) is 11.7 Å². The highest BCUT2D eigenvalue weighted by atomic mass is 15.1.